The highest BCUT2D eigenvalue weighted by atomic mass is 35.5. The van der Waals surface area contributed by atoms with Gasteiger partial charge in [0.25, 0.3) is 0 Å². The van der Waals surface area contributed by atoms with Gasteiger partial charge in [-0.3, -0.25) is 4.68 Å². The zero-order valence-corrected chi connectivity index (χ0v) is 9.71. The van der Waals surface area contributed by atoms with Gasteiger partial charge in [-0.1, -0.05) is 6.92 Å². The third kappa shape index (κ3) is 2.62. The van der Waals surface area contributed by atoms with Crippen LogP contribution in [-0.4, -0.2) is 27.4 Å². The first kappa shape index (κ1) is 13.2. The Balaban J connectivity index is 3.12. The minimum absolute atomic E-state index is 0.0984. The SMILES string of the molecule is CCCn1ncc(OC)c1C(O)C(F)(F)Cl. The molecule has 1 rings (SSSR count). The van der Waals surface area contributed by atoms with E-state index in [1.807, 2.05) is 6.92 Å². The van der Waals surface area contributed by atoms with Crippen LogP contribution in [0.5, 0.6) is 5.75 Å². The number of alkyl halides is 3. The normalized spacial score (nSPS) is 13.9. The summed E-state index contributed by atoms with van der Waals surface area (Å²) in [6.45, 7) is 2.27. The molecule has 1 aromatic heterocycles. The maximum Gasteiger partial charge on any atom is 0.352 e. The fourth-order valence-corrected chi connectivity index (χ4v) is 1.46. The maximum atomic E-state index is 12.8. The van der Waals surface area contributed by atoms with Crippen molar-refractivity contribution in [3.63, 3.8) is 0 Å². The number of aromatic nitrogens is 2. The third-order valence-corrected chi connectivity index (χ3v) is 2.28. The molecule has 0 aliphatic heterocycles. The van der Waals surface area contributed by atoms with Crippen molar-refractivity contribution in [1.29, 1.82) is 0 Å². The summed E-state index contributed by atoms with van der Waals surface area (Å²) < 4.78 is 31.8. The summed E-state index contributed by atoms with van der Waals surface area (Å²) in [4.78, 5) is 0. The highest BCUT2D eigenvalue weighted by Crippen LogP contribution is 2.38. The van der Waals surface area contributed by atoms with Crippen molar-refractivity contribution in [3.05, 3.63) is 11.9 Å². The zero-order chi connectivity index (χ0) is 12.3. The van der Waals surface area contributed by atoms with E-state index < -0.39 is 11.5 Å². The lowest BCUT2D eigenvalue weighted by molar-refractivity contribution is -0.0478. The van der Waals surface area contributed by atoms with E-state index in [9.17, 15) is 13.9 Å². The van der Waals surface area contributed by atoms with E-state index >= 15 is 0 Å². The Morgan fingerprint density at radius 3 is 2.75 bits per heavy atom. The maximum absolute atomic E-state index is 12.8. The Kier molecular flexibility index (Phi) is 4.09. The second kappa shape index (κ2) is 4.97. The van der Waals surface area contributed by atoms with Crippen LogP contribution in [0.2, 0.25) is 0 Å². The predicted octanol–water partition coefficient (Wildman–Crippen LogP) is 2.17. The molecule has 0 aromatic carbocycles. The van der Waals surface area contributed by atoms with Gasteiger partial charge in [0.2, 0.25) is 0 Å². The molecule has 0 bridgehead atoms. The average Bonchev–Trinajstić information content (AvgIpc) is 2.58. The molecule has 0 saturated carbocycles. The molecule has 1 aromatic rings. The Morgan fingerprint density at radius 2 is 2.31 bits per heavy atom. The smallest absolute Gasteiger partial charge is 0.352 e. The molecular formula is C9H13ClF2N2O2. The molecule has 0 aliphatic rings. The summed E-state index contributed by atoms with van der Waals surface area (Å²) in [7, 11) is 1.32. The van der Waals surface area contributed by atoms with E-state index in [1.165, 1.54) is 18.0 Å². The van der Waals surface area contributed by atoms with E-state index in [0.29, 0.717) is 13.0 Å². The number of nitrogens with zero attached hydrogens (tertiary/aromatic N) is 2. The lowest BCUT2D eigenvalue weighted by Crippen LogP contribution is -2.23. The van der Waals surface area contributed by atoms with Crippen LogP contribution in [-0.2, 0) is 6.54 Å². The van der Waals surface area contributed by atoms with Crippen LogP contribution in [0.1, 0.15) is 25.1 Å². The van der Waals surface area contributed by atoms with E-state index in [2.05, 4.69) is 5.10 Å². The van der Waals surface area contributed by atoms with Gasteiger partial charge in [-0.15, -0.1) is 0 Å². The first-order valence-corrected chi connectivity index (χ1v) is 5.14. The monoisotopic (exact) mass is 254 g/mol. The van der Waals surface area contributed by atoms with Crippen LogP contribution in [0.15, 0.2) is 6.20 Å². The Labute approximate surface area is 96.8 Å². The van der Waals surface area contributed by atoms with Gasteiger partial charge in [-0.05, 0) is 18.0 Å². The fourth-order valence-electron chi connectivity index (χ4n) is 1.36. The van der Waals surface area contributed by atoms with Gasteiger partial charge in [0, 0.05) is 6.54 Å². The van der Waals surface area contributed by atoms with Crippen molar-refractivity contribution in [2.45, 2.75) is 31.4 Å². The number of aliphatic hydroxyl groups is 1. The molecule has 1 atom stereocenters. The van der Waals surface area contributed by atoms with Crippen molar-refractivity contribution < 1.29 is 18.6 Å². The molecule has 0 amide bonds. The lowest BCUT2D eigenvalue weighted by Gasteiger charge is -2.18. The predicted molar refractivity (Wildman–Crippen MR) is 54.8 cm³/mol. The van der Waals surface area contributed by atoms with Gasteiger partial charge in [0.05, 0.1) is 13.3 Å². The van der Waals surface area contributed by atoms with Gasteiger partial charge < -0.3 is 9.84 Å². The van der Waals surface area contributed by atoms with E-state index in [-0.39, 0.29) is 11.4 Å². The number of methoxy groups -OCH3 is 1. The van der Waals surface area contributed by atoms with Gasteiger partial charge in [0.1, 0.15) is 5.69 Å². The third-order valence-electron chi connectivity index (χ3n) is 2.07. The number of aliphatic hydroxyl groups excluding tert-OH is 1. The Morgan fingerprint density at radius 1 is 1.69 bits per heavy atom. The van der Waals surface area contributed by atoms with Gasteiger partial charge in [-0.25, -0.2) is 0 Å². The Bertz CT molecular complexity index is 352. The molecule has 4 nitrogen and oxygen atoms in total. The quantitative estimate of drug-likeness (QED) is 0.819. The molecule has 16 heavy (non-hydrogen) atoms. The summed E-state index contributed by atoms with van der Waals surface area (Å²) in [5.74, 6) is 0.0984. The van der Waals surface area contributed by atoms with Gasteiger partial charge >= 0.3 is 5.38 Å². The molecule has 92 valence electrons. The minimum atomic E-state index is -3.75. The Hall–Kier alpha value is -0.880. The number of aryl methyl sites for hydroxylation is 1. The minimum Gasteiger partial charge on any atom is -0.493 e. The van der Waals surface area contributed by atoms with Crippen molar-refractivity contribution in [2.75, 3.05) is 7.11 Å². The van der Waals surface area contributed by atoms with E-state index in [0.717, 1.165) is 0 Å². The van der Waals surface area contributed by atoms with Crippen LogP contribution in [0.4, 0.5) is 8.78 Å². The number of hydrogen-bond acceptors (Lipinski definition) is 3. The standard InChI is InChI=1S/C9H13ClF2N2O2/c1-3-4-14-7(6(16-2)5-13-14)8(15)9(10,11)12/h5,8,15H,3-4H2,1-2H3. The summed E-state index contributed by atoms with van der Waals surface area (Å²) in [5.41, 5.74) is -0.107. The summed E-state index contributed by atoms with van der Waals surface area (Å²) in [5, 5.41) is 9.54. The summed E-state index contributed by atoms with van der Waals surface area (Å²) in [6.07, 6.45) is -0.173. The van der Waals surface area contributed by atoms with Crippen LogP contribution in [0, 0.1) is 0 Å². The van der Waals surface area contributed by atoms with Crippen LogP contribution < -0.4 is 4.74 Å². The zero-order valence-electron chi connectivity index (χ0n) is 8.95. The highest BCUT2D eigenvalue weighted by molar-refractivity contribution is 6.22. The number of rotatable bonds is 5. The van der Waals surface area contributed by atoms with Crippen LogP contribution in [0.3, 0.4) is 0 Å². The number of hydrogen-bond donors (Lipinski definition) is 1. The topological polar surface area (TPSA) is 47.3 Å². The van der Waals surface area contributed by atoms with Crippen molar-refractivity contribution in [1.82, 2.24) is 9.78 Å². The van der Waals surface area contributed by atoms with Crippen molar-refractivity contribution in [2.24, 2.45) is 0 Å². The molecule has 0 fully saturated rings. The van der Waals surface area contributed by atoms with Crippen molar-refractivity contribution in [3.8, 4) is 5.75 Å². The molecule has 0 aliphatic carbocycles. The molecular weight excluding hydrogens is 242 g/mol. The second-order valence-corrected chi connectivity index (χ2v) is 3.77. The molecule has 1 unspecified atom stereocenters. The number of ether oxygens (including phenoxy) is 1. The second-order valence-electron chi connectivity index (χ2n) is 3.27. The van der Waals surface area contributed by atoms with Gasteiger partial charge in [0.15, 0.2) is 11.9 Å². The molecule has 0 saturated heterocycles. The van der Waals surface area contributed by atoms with Crippen LogP contribution in [0.25, 0.3) is 0 Å². The first-order chi connectivity index (χ1) is 7.41. The van der Waals surface area contributed by atoms with E-state index in [4.69, 9.17) is 16.3 Å². The first-order valence-electron chi connectivity index (χ1n) is 4.76. The molecule has 0 spiro atoms. The lowest BCUT2D eigenvalue weighted by atomic mass is 10.2. The molecule has 0 radical (unpaired) electrons. The summed E-state index contributed by atoms with van der Waals surface area (Å²) >= 11 is 4.80. The van der Waals surface area contributed by atoms with E-state index in [1.54, 1.807) is 0 Å². The summed E-state index contributed by atoms with van der Waals surface area (Å²) in [6, 6.07) is 0. The highest BCUT2D eigenvalue weighted by Gasteiger charge is 2.41. The fraction of sp³-hybridized carbons (Fsp3) is 0.667. The van der Waals surface area contributed by atoms with Crippen molar-refractivity contribution >= 4 is 11.6 Å². The average molecular weight is 255 g/mol. The van der Waals surface area contributed by atoms with Crippen LogP contribution >= 0.6 is 11.6 Å². The largest absolute Gasteiger partial charge is 0.493 e. The molecule has 7 heteroatoms. The van der Waals surface area contributed by atoms with Gasteiger partial charge in [-0.2, -0.15) is 13.9 Å². The molecule has 1 N–H and O–H groups in total. The number of halogens is 3. The molecule has 1 heterocycles.